The molecule has 1 fully saturated rings. The van der Waals surface area contributed by atoms with Crippen LogP contribution in [0.5, 0.6) is 0 Å². The molecule has 1 aliphatic heterocycles. The third kappa shape index (κ3) is 3.08. The first-order chi connectivity index (χ1) is 9.99. The molecular weight excluding hydrogens is 301 g/mol. The molecule has 0 unspecified atom stereocenters. The Hall–Kier alpha value is -1.86. The minimum atomic E-state index is -1.16. The first-order valence-electron chi connectivity index (χ1n) is 6.32. The summed E-state index contributed by atoms with van der Waals surface area (Å²) in [6.07, 6.45) is 0.571. The van der Waals surface area contributed by atoms with Crippen LogP contribution in [-0.2, 0) is 9.53 Å². The van der Waals surface area contributed by atoms with Gasteiger partial charge in [-0.05, 0) is 31.0 Å². The van der Waals surface area contributed by atoms with Gasteiger partial charge in [-0.2, -0.15) is 0 Å². The molecule has 2 rings (SSSR count). The van der Waals surface area contributed by atoms with Gasteiger partial charge in [-0.1, -0.05) is 16.8 Å². The molecule has 0 aliphatic carbocycles. The minimum Gasteiger partial charge on any atom is -0.409 e. The molecule has 0 spiro atoms. The topological polar surface area (TPSA) is 96.9 Å². The summed E-state index contributed by atoms with van der Waals surface area (Å²) in [6.45, 7) is 0.640. The molecule has 21 heavy (non-hydrogen) atoms. The lowest BCUT2D eigenvalue weighted by Gasteiger charge is -2.34. The third-order valence-electron chi connectivity index (χ3n) is 3.56. The first-order valence-corrected chi connectivity index (χ1v) is 6.69. The minimum absolute atomic E-state index is 0.0741. The van der Waals surface area contributed by atoms with E-state index < -0.39 is 17.1 Å². The number of anilines is 1. The van der Waals surface area contributed by atoms with E-state index in [2.05, 4.69) is 10.5 Å². The highest BCUT2D eigenvalue weighted by Crippen LogP contribution is 2.33. The monoisotopic (exact) mass is 315 g/mol. The van der Waals surface area contributed by atoms with Crippen LogP contribution < -0.4 is 11.1 Å². The molecule has 0 aromatic heterocycles. The Morgan fingerprint density at radius 1 is 1.48 bits per heavy atom. The number of hydrogen-bond acceptors (Lipinski definition) is 4. The largest absolute Gasteiger partial charge is 0.409 e. The SMILES string of the molecule is NC(=NO)C1(C(=O)Nc2ccc(F)cc2Cl)CCOCC1. The van der Waals surface area contributed by atoms with E-state index in [0.29, 0.717) is 13.2 Å². The summed E-state index contributed by atoms with van der Waals surface area (Å²) in [7, 11) is 0. The van der Waals surface area contributed by atoms with Crippen molar-refractivity contribution in [2.45, 2.75) is 12.8 Å². The standard InChI is InChI=1S/C13H15ClFN3O3/c14-9-7-8(15)1-2-10(9)17-12(19)13(11(16)18-20)3-5-21-6-4-13/h1-2,7,20H,3-6H2,(H2,16,18)(H,17,19). The van der Waals surface area contributed by atoms with Crippen molar-refractivity contribution in [3.63, 3.8) is 0 Å². The van der Waals surface area contributed by atoms with Gasteiger partial charge in [0.2, 0.25) is 5.91 Å². The molecule has 1 saturated heterocycles. The maximum absolute atomic E-state index is 13.0. The van der Waals surface area contributed by atoms with Crippen LogP contribution in [0.2, 0.25) is 5.02 Å². The van der Waals surface area contributed by atoms with Crippen molar-refractivity contribution >= 4 is 29.0 Å². The molecule has 1 aliphatic rings. The molecule has 0 saturated carbocycles. The van der Waals surface area contributed by atoms with Crippen LogP contribution >= 0.6 is 11.6 Å². The lowest BCUT2D eigenvalue weighted by Crippen LogP contribution is -2.50. The average Bonchev–Trinajstić information content (AvgIpc) is 2.49. The van der Waals surface area contributed by atoms with E-state index in [4.69, 9.17) is 27.3 Å². The van der Waals surface area contributed by atoms with Crippen molar-refractivity contribution in [3.8, 4) is 0 Å². The summed E-state index contributed by atoms with van der Waals surface area (Å²) >= 11 is 5.88. The molecule has 114 valence electrons. The lowest BCUT2D eigenvalue weighted by atomic mass is 9.78. The summed E-state index contributed by atoms with van der Waals surface area (Å²) in [5.74, 6) is -1.15. The highest BCUT2D eigenvalue weighted by molar-refractivity contribution is 6.34. The van der Waals surface area contributed by atoms with Gasteiger partial charge in [-0.3, -0.25) is 4.79 Å². The summed E-state index contributed by atoms with van der Waals surface area (Å²) in [6, 6.07) is 3.63. The number of nitrogens with one attached hydrogen (secondary N) is 1. The van der Waals surface area contributed by atoms with Crippen molar-refractivity contribution < 1.29 is 19.1 Å². The molecule has 4 N–H and O–H groups in total. The average molecular weight is 316 g/mol. The van der Waals surface area contributed by atoms with Gasteiger partial charge in [0.25, 0.3) is 0 Å². The molecule has 1 aromatic rings. The second kappa shape index (κ2) is 6.28. The van der Waals surface area contributed by atoms with Gasteiger partial charge in [-0.15, -0.1) is 0 Å². The van der Waals surface area contributed by atoms with Crippen LogP contribution in [0.1, 0.15) is 12.8 Å². The van der Waals surface area contributed by atoms with Gasteiger partial charge in [0, 0.05) is 13.2 Å². The molecule has 0 atom stereocenters. The van der Waals surface area contributed by atoms with E-state index in [1.807, 2.05) is 0 Å². The Bertz CT molecular complexity index is 574. The molecule has 1 heterocycles. The van der Waals surface area contributed by atoms with Crippen LogP contribution in [0, 0.1) is 11.2 Å². The smallest absolute Gasteiger partial charge is 0.238 e. The fraction of sp³-hybridized carbons (Fsp3) is 0.385. The molecular formula is C13H15ClFN3O3. The summed E-state index contributed by atoms with van der Waals surface area (Å²) in [5.41, 5.74) is 4.79. The number of carbonyl (C=O) groups excluding carboxylic acids is 1. The maximum atomic E-state index is 13.0. The Kier molecular flexibility index (Phi) is 4.64. The Balaban J connectivity index is 2.27. The van der Waals surface area contributed by atoms with Gasteiger partial charge in [-0.25, -0.2) is 4.39 Å². The number of carbonyl (C=O) groups is 1. The van der Waals surface area contributed by atoms with Gasteiger partial charge in [0.1, 0.15) is 11.2 Å². The second-order valence-corrected chi connectivity index (χ2v) is 5.17. The number of nitrogens with zero attached hydrogens (tertiary/aromatic N) is 1. The van der Waals surface area contributed by atoms with E-state index in [-0.39, 0.29) is 29.4 Å². The Labute approximate surface area is 125 Å². The van der Waals surface area contributed by atoms with Crippen LogP contribution in [0.4, 0.5) is 10.1 Å². The van der Waals surface area contributed by atoms with E-state index in [0.717, 1.165) is 6.07 Å². The normalized spacial score (nSPS) is 18.3. The zero-order valence-electron chi connectivity index (χ0n) is 11.1. The Morgan fingerprint density at radius 2 is 2.14 bits per heavy atom. The predicted molar refractivity (Wildman–Crippen MR) is 75.9 cm³/mol. The fourth-order valence-electron chi connectivity index (χ4n) is 2.25. The predicted octanol–water partition coefficient (Wildman–Crippen LogP) is 1.96. The van der Waals surface area contributed by atoms with Crippen molar-refractivity contribution in [1.82, 2.24) is 0 Å². The lowest BCUT2D eigenvalue weighted by molar-refractivity contribution is -0.126. The summed E-state index contributed by atoms with van der Waals surface area (Å²) < 4.78 is 18.2. The fourth-order valence-corrected chi connectivity index (χ4v) is 2.46. The highest BCUT2D eigenvalue weighted by Gasteiger charge is 2.44. The number of rotatable bonds is 3. The van der Waals surface area contributed by atoms with Crippen LogP contribution in [-0.4, -0.2) is 30.2 Å². The van der Waals surface area contributed by atoms with Crippen molar-refractivity contribution in [2.24, 2.45) is 16.3 Å². The number of oxime groups is 1. The van der Waals surface area contributed by atoms with Gasteiger partial charge in [0.05, 0.1) is 10.7 Å². The number of amidine groups is 1. The van der Waals surface area contributed by atoms with Gasteiger partial charge in [0.15, 0.2) is 5.84 Å². The molecule has 0 radical (unpaired) electrons. The van der Waals surface area contributed by atoms with E-state index >= 15 is 0 Å². The zero-order chi connectivity index (χ0) is 15.5. The molecule has 6 nitrogen and oxygen atoms in total. The van der Waals surface area contributed by atoms with Crippen molar-refractivity contribution in [2.75, 3.05) is 18.5 Å². The number of benzene rings is 1. The second-order valence-electron chi connectivity index (χ2n) is 4.76. The number of nitrogens with two attached hydrogens (primary N) is 1. The first kappa shape index (κ1) is 15.5. The number of halogens is 2. The maximum Gasteiger partial charge on any atom is 0.238 e. The van der Waals surface area contributed by atoms with Gasteiger partial charge < -0.3 is 21.0 Å². The van der Waals surface area contributed by atoms with Crippen LogP contribution in [0.15, 0.2) is 23.4 Å². The van der Waals surface area contributed by atoms with E-state index in [9.17, 15) is 9.18 Å². The number of hydrogen-bond donors (Lipinski definition) is 3. The van der Waals surface area contributed by atoms with Crippen molar-refractivity contribution in [3.05, 3.63) is 29.0 Å². The number of amides is 1. The quantitative estimate of drug-likeness (QED) is 0.344. The molecule has 8 heteroatoms. The molecule has 0 bridgehead atoms. The van der Waals surface area contributed by atoms with Crippen LogP contribution in [0.3, 0.4) is 0 Å². The summed E-state index contributed by atoms with van der Waals surface area (Å²) in [4.78, 5) is 12.5. The van der Waals surface area contributed by atoms with Crippen LogP contribution in [0.25, 0.3) is 0 Å². The molecule has 1 aromatic carbocycles. The third-order valence-corrected chi connectivity index (χ3v) is 3.87. The van der Waals surface area contributed by atoms with E-state index in [1.54, 1.807) is 0 Å². The van der Waals surface area contributed by atoms with Gasteiger partial charge >= 0.3 is 0 Å². The highest BCUT2D eigenvalue weighted by atomic mass is 35.5. The summed E-state index contributed by atoms with van der Waals surface area (Å²) in [5, 5.41) is 14.6. The number of ether oxygens (including phenoxy) is 1. The Morgan fingerprint density at radius 3 is 2.71 bits per heavy atom. The zero-order valence-corrected chi connectivity index (χ0v) is 11.9. The van der Waals surface area contributed by atoms with Crippen molar-refractivity contribution in [1.29, 1.82) is 0 Å². The van der Waals surface area contributed by atoms with E-state index in [1.165, 1.54) is 12.1 Å². The molecule has 1 amide bonds.